The maximum absolute atomic E-state index is 12.0. The van der Waals surface area contributed by atoms with E-state index in [1.165, 1.54) is 29.2 Å². The fourth-order valence-electron chi connectivity index (χ4n) is 4.41. The zero-order valence-electron chi connectivity index (χ0n) is 14.9. The van der Waals surface area contributed by atoms with Gasteiger partial charge in [0.15, 0.2) is 0 Å². The highest BCUT2D eigenvalue weighted by atomic mass is 16.2. The van der Waals surface area contributed by atoms with E-state index in [2.05, 4.69) is 64.4 Å². The third-order valence-electron chi connectivity index (χ3n) is 5.73. The molecule has 0 aromatic heterocycles. The molecule has 0 N–H and O–H groups in total. The van der Waals surface area contributed by atoms with Crippen LogP contribution in [-0.2, 0) is 4.79 Å². The normalized spacial score (nSPS) is 23.6. The number of amides is 1. The number of hydrogen-bond donors (Lipinski definition) is 0. The number of piperazine rings is 1. The molecule has 2 aromatic carbocycles. The number of carbonyl (C=O) groups is 1. The average Bonchev–Trinajstić information content (AvgIpc) is 2.89. The first-order chi connectivity index (χ1) is 12.3. The molecule has 0 saturated carbocycles. The number of fused-ring (bicyclic) bond motifs is 3. The van der Waals surface area contributed by atoms with Crippen LogP contribution in [-0.4, -0.2) is 47.4 Å². The number of rotatable bonds is 4. The van der Waals surface area contributed by atoms with Gasteiger partial charge in [0.25, 0.3) is 0 Å². The number of nitrogens with zero attached hydrogens (tertiary/aromatic N) is 2. The number of benzene rings is 2. The summed E-state index contributed by atoms with van der Waals surface area (Å²) >= 11 is 0. The molecule has 0 spiro atoms. The quantitative estimate of drug-likeness (QED) is 0.845. The summed E-state index contributed by atoms with van der Waals surface area (Å²) in [7, 11) is 0. The molecule has 130 valence electrons. The van der Waals surface area contributed by atoms with Gasteiger partial charge in [-0.05, 0) is 29.2 Å². The van der Waals surface area contributed by atoms with Crippen LogP contribution in [0.5, 0.6) is 0 Å². The smallest absolute Gasteiger partial charge is 0.222 e. The lowest BCUT2D eigenvalue weighted by Gasteiger charge is -2.40. The first-order valence-electron chi connectivity index (χ1n) is 9.44. The summed E-state index contributed by atoms with van der Waals surface area (Å²) in [4.78, 5) is 16.7. The lowest BCUT2D eigenvalue weighted by molar-refractivity contribution is -0.134. The van der Waals surface area contributed by atoms with E-state index < -0.39 is 0 Å². The Kier molecular flexibility index (Phi) is 4.58. The van der Waals surface area contributed by atoms with E-state index in [1.807, 2.05) is 6.92 Å². The minimum atomic E-state index is 0.308. The highest BCUT2D eigenvalue weighted by Gasteiger charge is 2.40. The highest BCUT2D eigenvalue weighted by Crippen LogP contribution is 2.30. The van der Waals surface area contributed by atoms with E-state index in [0.29, 0.717) is 24.4 Å². The molecule has 2 saturated heterocycles. The molecule has 1 amide bonds. The molecule has 2 fully saturated rings. The SMILES string of the molecule is CCC(=O)N1C[C@H]2CC[C@@H](C1)N2C/C=C/c1cccc2ccccc12. The summed E-state index contributed by atoms with van der Waals surface area (Å²) in [6.45, 7) is 4.76. The zero-order valence-corrected chi connectivity index (χ0v) is 14.9. The van der Waals surface area contributed by atoms with Gasteiger partial charge in [-0.2, -0.15) is 0 Å². The van der Waals surface area contributed by atoms with Gasteiger partial charge in [0.05, 0.1) is 0 Å². The molecule has 4 rings (SSSR count). The van der Waals surface area contributed by atoms with Gasteiger partial charge in [-0.15, -0.1) is 0 Å². The molecule has 3 heteroatoms. The summed E-state index contributed by atoms with van der Waals surface area (Å²) in [6, 6.07) is 16.1. The molecule has 2 bridgehead atoms. The van der Waals surface area contributed by atoms with E-state index in [4.69, 9.17) is 0 Å². The molecule has 2 atom stereocenters. The molecule has 3 nitrogen and oxygen atoms in total. The van der Waals surface area contributed by atoms with Crippen LogP contribution in [0.2, 0.25) is 0 Å². The van der Waals surface area contributed by atoms with Crippen molar-refractivity contribution < 1.29 is 4.79 Å². The van der Waals surface area contributed by atoms with Gasteiger partial charge in [-0.1, -0.05) is 61.5 Å². The summed E-state index contributed by atoms with van der Waals surface area (Å²) in [6.07, 6.45) is 7.62. The van der Waals surface area contributed by atoms with Crippen molar-refractivity contribution in [1.29, 1.82) is 0 Å². The largest absolute Gasteiger partial charge is 0.340 e. The Balaban J connectivity index is 1.45. The van der Waals surface area contributed by atoms with Crippen molar-refractivity contribution in [2.24, 2.45) is 0 Å². The lowest BCUT2D eigenvalue weighted by Crippen LogP contribution is -2.55. The molecule has 0 unspecified atom stereocenters. The zero-order chi connectivity index (χ0) is 17.2. The van der Waals surface area contributed by atoms with E-state index in [9.17, 15) is 4.79 Å². The Bertz CT molecular complexity index is 778. The van der Waals surface area contributed by atoms with Crippen molar-refractivity contribution in [3.8, 4) is 0 Å². The highest BCUT2D eigenvalue weighted by molar-refractivity contribution is 5.90. The molecule has 25 heavy (non-hydrogen) atoms. The standard InChI is InChI=1S/C22H26N2O/c1-2-22(25)23-15-19-12-13-20(16-23)24(19)14-6-10-18-9-5-8-17-7-3-4-11-21(17)18/h3-11,19-20H,2,12-16H2,1H3/b10-6+/t19-,20+. The molecular formula is C22H26N2O. The van der Waals surface area contributed by atoms with Crippen molar-refractivity contribution in [1.82, 2.24) is 9.80 Å². The Morgan fingerprint density at radius 3 is 2.56 bits per heavy atom. The van der Waals surface area contributed by atoms with Crippen LogP contribution in [0, 0.1) is 0 Å². The maximum atomic E-state index is 12.0. The third-order valence-corrected chi connectivity index (χ3v) is 5.73. The van der Waals surface area contributed by atoms with Gasteiger partial charge in [-0.25, -0.2) is 0 Å². The Hall–Kier alpha value is -2.13. The molecule has 2 aromatic rings. The molecule has 2 aliphatic heterocycles. The molecule has 0 radical (unpaired) electrons. The van der Waals surface area contributed by atoms with Gasteiger partial charge in [0.2, 0.25) is 5.91 Å². The summed E-state index contributed by atoms with van der Waals surface area (Å²) < 4.78 is 0. The minimum absolute atomic E-state index is 0.308. The second-order valence-electron chi connectivity index (χ2n) is 7.20. The van der Waals surface area contributed by atoms with Gasteiger partial charge < -0.3 is 4.90 Å². The Morgan fingerprint density at radius 2 is 1.80 bits per heavy atom. The topological polar surface area (TPSA) is 23.6 Å². The molecule has 2 aliphatic rings. The van der Waals surface area contributed by atoms with Crippen LogP contribution in [0.25, 0.3) is 16.8 Å². The predicted molar refractivity (Wildman–Crippen MR) is 103 cm³/mol. The van der Waals surface area contributed by atoms with Crippen LogP contribution < -0.4 is 0 Å². The Morgan fingerprint density at radius 1 is 1.08 bits per heavy atom. The lowest BCUT2D eigenvalue weighted by atomic mass is 10.0. The summed E-state index contributed by atoms with van der Waals surface area (Å²) in [5.74, 6) is 0.308. The van der Waals surface area contributed by atoms with Gasteiger partial charge >= 0.3 is 0 Å². The maximum Gasteiger partial charge on any atom is 0.222 e. The fourth-order valence-corrected chi connectivity index (χ4v) is 4.41. The number of likely N-dealkylation sites (tertiary alicyclic amines) is 1. The summed E-state index contributed by atoms with van der Waals surface area (Å²) in [5.41, 5.74) is 1.28. The van der Waals surface area contributed by atoms with Crippen molar-refractivity contribution in [3.05, 3.63) is 54.1 Å². The molecular weight excluding hydrogens is 308 g/mol. The van der Waals surface area contributed by atoms with Crippen molar-refractivity contribution in [2.45, 2.75) is 38.3 Å². The first-order valence-corrected chi connectivity index (χ1v) is 9.44. The van der Waals surface area contributed by atoms with Crippen LogP contribution in [0.15, 0.2) is 48.5 Å². The van der Waals surface area contributed by atoms with E-state index >= 15 is 0 Å². The molecule has 2 heterocycles. The summed E-state index contributed by atoms with van der Waals surface area (Å²) in [5, 5.41) is 2.60. The average molecular weight is 334 g/mol. The molecule has 0 aliphatic carbocycles. The van der Waals surface area contributed by atoms with Crippen molar-refractivity contribution in [3.63, 3.8) is 0 Å². The van der Waals surface area contributed by atoms with E-state index in [-0.39, 0.29) is 0 Å². The van der Waals surface area contributed by atoms with E-state index in [1.54, 1.807) is 0 Å². The van der Waals surface area contributed by atoms with Crippen LogP contribution in [0.4, 0.5) is 0 Å². The second kappa shape index (κ2) is 7.01. The minimum Gasteiger partial charge on any atom is -0.340 e. The van der Waals surface area contributed by atoms with Crippen LogP contribution in [0.1, 0.15) is 31.7 Å². The van der Waals surface area contributed by atoms with Crippen LogP contribution in [0.3, 0.4) is 0 Å². The van der Waals surface area contributed by atoms with Gasteiger partial charge in [0, 0.05) is 38.1 Å². The Labute approximate surface area is 149 Å². The third kappa shape index (κ3) is 3.21. The monoisotopic (exact) mass is 334 g/mol. The second-order valence-corrected chi connectivity index (χ2v) is 7.20. The first kappa shape index (κ1) is 16.3. The van der Waals surface area contributed by atoms with Crippen molar-refractivity contribution >= 4 is 22.8 Å². The van der Waals surface area contributed by atoms with Crippen molar-refractivity contribution in [2.75, 3.05) is 19.6 Å². The number of hydrogen-bond acceptors (Lipinski definition) is 2. The van der Waals surface area contributed by atoms with E-state index in [0.717, 1.165) is 19.6 Å². The van der Waals surface area contributed by atoms with Gasteiger partial charge in [0.1, 0.15) is 0 Å². The fraction of sp³-hybridized carbons (Fsp3) is 0.409. The van der Waals surface area contributed by atoms with Gasteiger partial charge in [-0.3, -0.25) is 9.69 Å². The number of carbonyl (C=O) groups excluding carboxylic acids is 1. The predicted octanol–water partition coefficient (Wildman–Crippen LogP) is 3.94. The van der Waals surface area contributed by atoms with Crippen LogP contribution >= 0.6 is 0 Å².